The molecule has 1 heterocycles. The number of benzene rings is 4. The van der Waals surface area contributed by atoms with Crippen LogP contribution < -0.4 is 21.2 Å². The largest absolute Gasteiger partial charge is 0.289 e. The van der Waals surface area contributed by atoms with Crippen LogP contribution >= 0.6 is 29.6 Å². The van der Waals surface area contributed by atoms with Gasteiger partial charge in [-0.3, -0.25) is 9.59 Å². The maximum Gasteiger partial charge on any atom is 0.186 e. The average Bonchev–Trinajstić information content (AvgIpc) is 3.05. The zero-order valence-electron chi connectivity index (χ0n) is 28.5. The highest BCUT2D eigenvalue weighted by atomic mass is 31.2. The first-order valence-electron chi connectivity index (χ1n) is 16.4. The minimum atomic E-state index is -2.72. The molecular weight excluding hydrogens is 636 g/mol. The van der Waals surface area contributed by atoms with Crippen molar-refractivity contribution in [2.45, 2.75) is 78.0 Å². The molecule has 1 aliphatic heterocycles. The van der Waals surface area contributed by atoms with E-state index >= 15 is 9.59 Å². The highest BCUT2D eigenvalue weighted by Crippen LogP contribution is 2.77. The lowest BCUT2D eigenvalue weighted by atomic mass is 10.4. The predicted molar refractivity (Wildman–Crippen MR) is 213 cm³/mol. The van der Waals surface area contributed by atoms with E-state index in [2.05, 4.69) is 152 Å². The topological polar surface area (TPSA) is 34.1 Å². The SMILES string of the molecule is CC(C)P1(C(C)C)=C(P(c2ccccc2)c2ccccc2)C(=O)P(C(C)C)(C(C)C)=C(P(c2ccccc2)c2ccccc2)C1=O. The number of hydrogen-bond acceptors (Lipinski definition) is 2. The first-order chi connectivity index (χ1) is 22.0. The molecule has 0 saturated heterocycles. The fourth-order valence-electron chi connectivity index (χ4n) is 7.57. The molecule has 0 unspecified atom stereocenters. The summed E-state index contributed by atoms with van der Waals surface area (Å²) in [5.74, 6) is 0. The molecule has 2 nitrogen and oxygen atoms in total. The molecule has 5 rings (SSSR count). The molecule has 46 heavy (non-hydrogen) atoms. The summed E-state index contributed by atoms with van der Waals surface area (Å²) in [6.45, 7) is 12.4. The van der Waals surface area contributed by atoms with Gasteiger partial charge in [-0.15, -0.1) is 0 Å². The lowest BCUT2D eigenvalue weighted by Crippen LogP contribution is -2.43. The van der Waals surface area contributed by atoms with Crippen LogP contribution in [0.5, 0.6) is 0 Å². The smallest absolute Gasteiger partial charge is 0.186 e. The van der Waals surface area contributed by atoms with E-state index in [4.69, 9.17) is 0 Å². The van der Waals surface area contributed by atoms with Crippen LogP contribution in [0, 0.1) is 0 Å². The monoisotopic (exact) mass is 684 g/mol. The quantitative estimate of drug-likeness (QED) is 0.156. The van der Waals surface area contributed by atoms with E-state index in [9.17, 15) is 0 Å². The van der Waals surface area contributed by atoms with E-state index < -0.39 is 29.6 Å². The minimum absolute atomic E-state index is 0.0382. The molecule has 0 spiro atoms. The Labute approximate surface area is 279 Å². The van der Waals surface area contributed by atoms with E-state index in [-0.39, 0.29) is 22.6 Å². The zero-order chi connectivity index (χ0) is 33.2. The van der Waals surface area contributed by atoms with Crippen LogP contribution in [-0.4, -0.2) is 43.8 Å². The van der Waals surface area contributed by atoms with Crippen LogP contribution in [0.1, 0.15) is 55.4 Å². The van der Waals surface area contributed by atoms with Gasteiger partial charge in [-0.25, -0.2) is 0 Å². The van der Waals surface area contributed by atoms with E-state index in [0.717, 1.165) is 31.3 Å². The van der Waals surface area contributed by atoms with E-state index in [1.165, 1.54) is 0 Å². The average molecular weight is 685 g/mol. The van der Waals surface area contributed by atoms with Crippen molar-refractivity contribution in [2.75, 3.05) is 0 Å². The van der Waals surface area contributed by atoms with Crippen LogP contribution in [0.2, 0.25) is 0 Å². The van der Waals surface area contributed by atoms with Crippen LogP contribution in [0.4, 0.5) is 0 Å². The summed E-state index contributed by atoms with van der Waals surface area (Å²) in [4.78, 5) is 32.7. The van der Waals surface area contributed by atoms with Gasteiger partial charge in [0, 0.05) is 10.1 Å². The minimum Gasteiger partial charge on any atom is -0.289 e. The van der Waals surface area contributed by atoms with Gasteiger partial charge in [-0.2, -0.15) is 0 Å². The molecule has 0 N–H and O–H groups in total. The molecule has 4 aromatic rings. The molecule has 0 atom stereocenters. The second kappa shape index (κ2) is 14.4. The number of carbonyl (C=O) groups is 2. The summed E-state index contributed by atoms with van der Waals surface area (Å²) in [7, 11) is -2.45. The molecule has 0 aromatic heterocycles. The highest BCUT2D eigenvalue weighted by molar-refractivity contribution is 8.25. The van der Waals surface area contributed by atoms with Gasteiger partial charge in [0.05, 0.1) is 0 Å². The summed E-state index contributed by atoms with van der Waals surface area (Å²) < 4.78 is 0. The molecule has 0 radical (unpaired) electrons. The highest BCUT2D eigenvalue weighted by Gasteiger charge is 2.56. The number of hydrogen-bond donors (Lipinski definition) is 0. The lowest BCUT2D eigenvalue weighted by Gasteiger charge is -2.50. The van der Waals surface area contributed by atoms with Crippen LogP contribution in [-0.2, 0) is 9.59 Å². The van der Waals surface area contributed by atoms with Crippen molar-refractivity contribution >= 4 is 72.0 Å². The Balaban J connectivity index is 2.04. The van der Waals surface area contributed by atoms with Gasteiger partial charge in [0.15, 0.2) is 11.0 Å². The molecule has 4 aromatic carbocycles. The Morgan fingerprint density at radius 2 is 0.565 bits per heavy atom. The van der Waals surface area contributed by atoms with Gasteiger partial charge in [-0.1, -0.05) is 177 Å². The van der Waals surface area contributed by atoms with Gasteiger partial charge in [-0.05, 0) is 73.5 Å². The van der Waals surface area contributed by atoms with E-state index in [1.54, 1.807) is 0 Å². The lowest BCUT2D eigenvalue weighted by molar-refractivity contribution is -0.107. The molecule has 6 heteroatoms. The van der Waals surface area contributed by atoms with E-state index in [1.807, 2.05) is 24.3 Å². The van der Waals surface area contributed by atoms with Crippen molar-refractivity contribution in [3.05, 3.63) is 121 Å². The number of rotatable bonds is 10. The molecule has 1 aliphatic rings. The molecule has 0 amide bonds. The third-order valence-electron chi connectivity index (χ3n) is 9.49. The molecule has 0 aliphatic carbocycles. The molecular formula is C40H48O2P4. The first kappa shape index (κ1) is 35.0. The van der Waals surface area contributed by atoms with Gasteiger partial charge in [0.1, 0.15) is 0 Å². The summed E-state index contributed by atoms with van der Waals surface area (Å²) in [6, 6.07) is 42.4. The summed E-state index contributed by atoms with van der Waals surface area (Å²) >= 11 is 0. The standard InChI is InChI=1S/C40H48O2P4/c1-29(2)45(30(3)4)37(41)40(44(35-25-17-11-18-26-35)36-27-19-12-20-28-36)46(31(5)6,32(7)8)38(42)39(45)43(33-21-13-9-14-22-33)34-23-15-10-16-24-34/h9-32H,1-8H3. The molecule has 0 bridgehead atoms. The van der Waals surface area contributed by atoms with Crippen LogP contribution in [0.15, 0.2) is 121 Å². The normalized spacial score (nSPS) is 16.5. The molecule has 240 valence electrons. The maximum absolute atomic E-state index is 16.4. The Hall–Kier alpha value is -2.32. The third-order valence-corrected chi connectivity index (χ3v) is 28.0. The zero-order valence-corrected chi connectivity index (χ0v) is 32.0. The Bertz CT molecular complexity index is 1550. The van der Waals surface area contributed by atoms with Gasteiger partial charge in [0.25, 0.3) is 0 Å². The van der Waals surface area contributed by atoms with Crippen molar-refractivity contribution in [3.63, 3.8) is 0 Å². The van der Waals surface area contributed by atoms with Crippen molar-refractivity contribution < 1.29 is 9.59 Å². The summed E-state index contributed by atoms with van der Waals surface area (Å²) in [5.41, 5.74) is 0.821. The molecule has 0 saturated carbocycles. The first-order valence-corrected chi connectivity index (χ1v) is 23.0. The third kappa shape index (κ3) is 5.73. The Morgan fingerprint density at radius 3 is 0.739 bits per heavy atom. The fraction of sp³-hybridized carbons (Fsp3) is 0.300. The van der Waals surface area contributed by atoms with Crippen molar-refractivity contribution in [2.24, 2.45) is 0 Å². The number of carbonyl (C=O) groups excluding carboxylic acids is 2. The predicted octanol–water partition coefficient (Wildman–Crippen LogP) is 9.25. The van der Waals surface area contributed by atoms with Crippen molar-refractivity contribution in [1.82, 2.24) is 0 Å². The second-order valence-electron chi connectivity index (χ2n) is 13.2. The van der Waals surface area contributed by atoms with Gasteiger partial charge < -0.3 is 0 Å². The summed E-state index contributed by atoms with van der Waals surface area (Å²) in [6.07, 6.45) is 0. The van der Waals surface area contributed by atoms with Gasteiger partial charge >= 0.3 is 0 Å². The van der Waals surface area contributed by atoms with Crippen LogP contribution in [0.3, 0.4) is 0 Å². The summed E-state index contributed by atoms with van der Waals surface area (Å²) in [5, 5.41) is 6.62. The van der Waals surface area contributed by atoms with Crippen molar-refractivity contribution in [1.29, 1.82) is 0 Å². The van der Waals surface area contributed by atoms with Crippen molar-refractivity contribution in [3.8, 4) is 0 Å². The second-order valence-corrected chi connectivity index (χ2v) is 27.2. The van der Waals surface area contributed by atoms with Gasteiger partial charge in [0.2, 0.25) is 0 Å². The fourth-order valence-corrected chi connectivity index (χ4v) is 30.2. The van der Waals surface area contributed by atoms with E-state index in [0.29, 0.717) is 11.0 Å². The maximum atomic E-state index is 16.4. The Kier molecular flexibility index (Phi) is 11.0. The van der Waals surface area contributed by atoms with Crippen LogP contribution in [0.25, 0.3) is 0 Å². The molecule has 0 fully saturated rings. The Morgan fingerprint density at radius 1 is 0.370 bits per heavy atom.